The summed E-state index contributed by atoms with van der Waals surface area (Å²) in [6.45, 7) is 0.216. The van der Waals surface area contributed by atoms with Gasteiger partial charge in [-0.05, 0) is 0 Å². The zero-order valence-corrected chi connectivity index (χ0v) is 19.2. The van der Waals surface area contributed by atoms with E-state index in [4.69, 9.17) is 16.3 Å². The molecule has 2 aliphatic rings. The van der Waals surface area contributed by atoms with E-state index in [9.17, 15) is 19.5 Å². The fourth-order valence-electron chi connectivity index (χ4n) is 3.57. The van der Waals surface area contributed by atoms with Crippen LogP contribution in [-0.4, -0.2) is 62.3 Å². The number of amides is 2. The number of aromatic nitrogens is 3. The van der Waals surface area contributed by atoms with Crippen molar-refractivity contribution < 1.29 is 29.0 Å². The van der Waals surface area contributed by atoms with Crippen molar-refractivity contribution in [2.75, 3.05) is 24.3 Å². The van der Waals surface area contributed by atoms with Gasteiger partial charge in [0.05, 0.1) is 24.8 Å². The number of nitrogen functional groups attached to an aromatic ring is 2. The number of hydrogen-bond acceptors (Lipinski definition) is 11. The van der Waals surface area contributed by atoms with Crippen molar-refractivity contribution in [3.05, 3.63) is 34.6 Å². The molecule has 0 saturated carbocycles. The summed E-state index contributed by atoms with van der Waals surface area (Å²) < 4.78 is 3.39. The Balaban J connectivity index is 1.54. The molecule has 2 aromatic rings. The third-order valence-electron chi connectivity index (χ3n) is 5.22. The molecule has 1 saturated heterocycles. The lowest BCUT2D eigenvalue weighted by atomic mass is 10.0. The molecule has 2 atom stereocenters. The molecule has 0 aromatic carbocycles. The fourth-order valence-corrected chi connectivity index (χ4v) is 5.45. The Hall–Kier alpha value is -3.59. The van der Waals surface area contributed by atoms with Gasteiger partial charge < -0.3 is 31.5 Å². The van der Waals surface area contributed by atoms with Gasteiger partial charge in [0.2, 0.25) is 0 Å². The summed E-state index contributed by atoms with van der Waals surface area (Å²) in [5.74, 6) is -1.89. The molecule has 0 radical (unpaired) electrons. The molecule has 0 bridgehead atoms. The topological polar surface area (TPSA) is 185 Å². The van der Waals surface area contributed by atoms with Crippen LogP contribution < -0.4 is 26.6 Å². The molecule has 0 unspecified atom stereocenters. The number of nitrogens with one attached hydrogen (secondary N) is 1. The first-order chi connectivity index (χ1) is 15.7. The average Bonchev–Trinajstić information content (AvgIpc) is 3.35. The lowest BCUT2D eigenvalue weighted by Crippen LogP contribution is -2.71. The number of nitrogens with zero attached hydrogens (tertiary/aromatic N) is 5. The van der Waals surface area contributed by atoms with Gasteiger partial charge in [0.15, 0.2) is 29.4 Å². The van der Waals surface area contributed by atoms with Crippen LogP contribution in [0.25, 0.3) is 0 Å². The molecule has 2 amide bonds. The van der Waals surface area contributed by atoms with Gasteiger partial charge in [0, 0.05) is 16.7 Å². The van der Waals surface area contributed by atoms with E-state index in [1.165, 1.54) is 24.3 Å². The van der Waals surface area contributed by atoms with E-state index in [2.05, 4.69) is 15.5 Å². The number of carboxylic acids is 1. The lowest BCUT2D eigenvalue weighted by Gasteiger charge is -2.50. The second-order valence-electron chi connectivity index (χ2n) is 7.16. The summed E-state index contributed by atoms with van der Waals surface area (Å²) in [6.07, 6.45) is 1.72. The van der Waals surface area contributed by atoms with Crippen molar-refractivity contribution >= 4 is 57.5 Å². The number of fused-ring (bicyclic) bond motifs is 1. The highest BCUT2D eigenvalue weighted by atomic mass is 32.2. The monoisotopic (exact) mass is 492 g/mol. The third kappa shape index (κ3) is 4.00. The lowest BCUT2D eigenvalue weighted by molar-refractivity contribution is -0.765. The van der Waals surface area contributed by atoms with E-state index in [0.717, 1.165) is 16.2 Å². The zero-order chi connectivity index (χ0) is 23.9. The first kappa shape index (κ1) is 22.6. The summed E-state index contributed by atoms with van der Waals surface area (Å²) >= 11 is 2.46. The predicted molar refractivity (Wildman–Crippen MR) is 117 cm³/mol. The van der Waals surface area contributed by atoms with Crippen molar-refractivity contribution in [2.45, 2.75) is 18.0 Å². The molecule has 2 aromatic heterocycles. The van der Waals surface area contributed by atoms with Crippen LogP contribution in [-0.2, 0) is 32.8 Å². The van der Waals surface area contributed by atoms with Gasteiger partial charge >= 0.3 is 0 Å². The smallest absolute Gasteiger partial charge is 0.276 e. The van der Waals surface area contributed by atoms with Gasteiger partial charge in [-0.1, -0.05) is 5.16 Å². The van der Waals surface area contributed by atoms with Crippen LogP contribution >= 0.6 is 23.1 Å². The van der Waals surface area contributed by atoms with Gasteiger partial charge in [0.1, 0.15) is 24.2 Å². The largest absolute Gasteiger partial charge is 0.543 e. The molecule has 4 heterocycles. The molecule has 2 aliphatic heterocycles. The summed E-state index contributed by atoms with van der Waals surface area (Å²) in [7, 11) is 3.01. The minimum atomic E-state index is -1.46. The Kier molecular flexibility index (Phi) is 5.99. The summed E-state index contributed by atoms with van der Waals surface area (Å²) in [6, 6.07) is 0.739. The summed E-state index contributed by atoms with van der Waals surface area (Å²) in [5.41, 5.74) is 11.8. The van der Waals surface area contributed by atoms with Crippen molar-refractivity contribution in [2.24, 2.45) is 12.2 Å². The second-order valence-corrected chi connectivity index (χ2v) is 9.15. The van der Waals surface area contributed by atoms with Crippen molar-refractivity contribution in [1.29, 1.82) is 0 Å². The summed E-state index contributed by atoms with van der Waals surface area (Å²) in [5, 5.41) is 19.4. The number of carbonyl (C=O) groups excluding carboxylic acids is 3. The normalized spacial score (nSPS) is 20.4. The number of anilines is 2. The Morgan fingerprint density at radius 3 is 2.79 bits per heavy atom. The van der Waals surface area contributed by atoms with Crippen LogP contribution in [0.2, 0.25) is 0 Å². The quantitative estimate of drug-likeness (QED) is 0.161. The van der Waals surface area contributed by atoms with Crippen molar-refractivity contribution in [1.82, 2.24) is 19.9 Å². The van der Waals surface area contributed by atoms with Gasteiger partial charge in [-0.3, -0.25) is 14.5 Å². The van der Waals surface area contributed by atoms with Gasteiger partial charge in [0.25, 0.3) is 11.8 Å². The number of β-lactam (4-membered cyclic amide) rings is 1. The highest BCUT2D eigenvalue weighted by Gasteiger charge is 2.53. The Labute approximate surface area is 195 Å². The van der Waals surface area contributed by atoms with Gasteiger partial charge in [-0.15, -0.1) is 32.5 Å². The van der Waals surface area contributed by atoms with E-state index in [1.807, 2.05) is 0 Å². The first-order valence-corrected chi connectivity index (χ1v) is 11.5. The van der Waals surface area contributed by atoms with Gasteiger partial charge in [-0.2, -0.15) is 0 Å². The maximum absolute atomic E-state index is 12.9. The Bertz CT molecular complexity index is 1200. The average molecular weight is 493 g/mol. The fraction of sp³-hybridized carbons (Fsp3) is 0.333. The SMILES string of the molecule is CO/N=C(\C(=O)N[C@@H]1C(=O)N2C(C(=O)[O-])=C(C[n+]3ccc(N)n3C)CS[C@H]12)c1csc(N)n1. The number of oxime groups is 1. The summed E-state index contributed by atoms with van der Waals surface area (Å²) in [4.78, 5) is 47.5. The molecule has 4 rings (SSSR count). The van der Waals surface area contributed by atoms with Crippen molar-refractivity contribution in [3.8, 4) is 0 Å². The maximum atomic E-state index is 12.9. The third-order valence-corrected chi connectivity index (χ3v) is 7.23. The molecule has 1 fully saturated rings. The number of aliphatic carboxylic acids is 1. The van der Waals surface area contributed by atoms with Crippen LogP contribution in [0.3, 0.4) is 0 Å². The maximum Gasteiger partial charge on any atom is 0.276 e. The molecular weight excluding hydrogens is 472 g/mol. The number of thioether (sulfide) groups is 1. The number of carboxylic acid groups (broad SMARTS) is 1. The van der Waals surface area contributed by atoms with Gasteiger partial charge in [-0.25, -0.2) is 4.98 Å². The van der Waals surface area contributed by atoms with E-state index in [1.54, 1.807) is 28.7 Å². The van der Waals surface area contributed by atoms with E-state index in [-0.39, 0.29) is 28.8 Å². The number of carbonyl (C=O) groups is 3. The number of thiazole rings is 1. The van der Waals surface area contributed by atoms with Crippen LogP contribution in [0.5, 0.6) is 0 Å². The van der Waals surface area contributed by atoms with Crippen LogP contribution in [0, 0.1) is 0 Å². The van der Waals surface area contributed by atoms with Crippen LogP contribution in [0.15, 0.2) is 34.1 Å². The molecule has 15 heteroatoms. The van der Waals surface area contributed by atoms with E-state index in [0.29, 0.717) is 17.1 Å². The molecular formula is C18H20N8O5S2. The molecule has 5 N–H and O–H groups in total. The molecule has 0 aliphatic carbocycles. The van der Waals surface area contributed by atoms with E-state index < -0.39 is 29.2 Å². The minimum absolute atomic E-state index is 0.147. The number of rotatable bonds is 7. The highest BCUT2D eigenvalue weighted by molar-refractivity contribution is 8.00. The Morgan fingerprint density at radius 1 is 1.45 bits per heavy atom. The zero-order valence-electron chi connectivity index (χ0n) is 17.5. The standard InChI is InChI=1S/C18H20N8O5S2/c1-24-10(19)3-4-25(24)5-8-6-32-16-12(15(28)26(16)13(8)17(29)30)22-14(27)11(23-31-2)9-7-33-18(20)21-9/h3-4,7,12,16,19H,5-6H2,1-2H3,(H4,20,21,22,27,29,30)/b23-11-/t12-,16-/m1/s1. The molecule has 0 spiro atoms. The number of hydrogen-bond donors (Lipinski definition) is 3. The van der Waals surface area contributed by atoms with Crippen LogP contribution in [0.4, 0.5) is 10.9 Å². The number of nitrogens with two attached hydrogens (primary N) is 2. The van der Waals surface area contributed by atoms with E-state index >= 15 is 0 Å². The molecule has 33 heavy (non-hydrogen) atoms. The van der Waals surface area contributed by atoms with Crippen molar-refractivity contribution in [3.63, 3.8) is 0 Å². The second kappa shape index (κ2) is 8.74. The molecule has 174 valence electrons. The minimum Gasteiger partial charge on any atom is -0.543 e. The molecule has 13 nitrogen and oxygen atoms in total. The first-order valence-electron chi connectivity index (χ1n) is 9.55. The highest BCUT2D eigenvalue weighted by Crippen LogP contribution is 2.40. The van der Waals surface area contributed by atoms with Crippen LogP contribution in [0.1, 0.15) is 5.69 Å². The predicted octanol–water partition coefficient (Wildman–Crippen LogP) is -2.61. The Morgan fingerprint density at radius 2 is 2.21 bits per heavy atom.